The summed E-state index contributed by atoms with van der Waals surface area (Å²) in [4.78, 5) is 0. The van der Waals surface area contributed by atoms with Crippen LogP contribution in [0.1, 0.15) is 144 Å². The van der Waals surface area contributed by atoms with Crippen LogP contribution in [0.15, 0.2) is 0 Å². The minimum Gasteiger partial charge on any atom is -0.375 e. The van der Waals surface area contributed by atoms with Gasteiger partial charge in [-0.25, -0.2) is 0 Å². The first-order chi connectivity index (χ1) is 12.7. The van der Waals surface area contributed by atoms with Crippen LogP contribution in [-0.2, 0) is 4.74 Å². The molecule has 0 bridgehead atoms. The Hall–Kier alpha value is -0.0400. The van der Waals surface area contributed by atoms with Gasteiger partial charge >= 0.3 is 0 Å². The van der Waals surface area contributed by atoms with Crippen LogP contribution in [0.3, 0.4) is 0 Å². The third-order valence-electron chi connectivity index (χ3n) is 6.08. The summed E-state index contributed by atoms with van der Waals surface area (Å²) in [5, 5.41) is 0. The van der Waals surface area contributed by atoms with Gasteiger partial charge in [0.25, 0.3) is 0 Å². The molecule has 0 spiro atoms. The average molecular weight is 369 g/mol. The van der Waals surface area contributed by atoms with Crippen LogP contribution in [0.25, 0.3) is 0 Å². The zero-order chi connectivity index (χ0) is 19.5. The largest absolute Gasteiger partial charge is 0.375 e. The second kappa shape index (κ2) is 18.3. The van der Waals surface area contributed by atoms with E-state index in [4.69, 9.17) is 4.74 Å². The van der Waals surface area contributed by atoms with Crippen LogP contribution >= 0.6 is 0 Å². The summed E-state index contributed by atoms with van der Waals surface area (Å²) in [5.41, 5.74) is 0.167. The second-order valence-electron chi connectivity index (χ2n) is 8.52. The first-order valence-corrected chi connectivity index (χ1v) is 12.3. The van der Waals surface area contributed by atoms with Gasteiger partial charge in [0.15, 0.2) is 0 Å². The van der Waals surface area contributed by atoms with E-state index in [-0.39, 0.29) is 5.60 Å². The lowest BCUT2D eigenvalue weighted by atomic mass is 9.74. The Morgan fingerprint density at radius 2 is 1.08 bits per heavy atom. The molecular formula is C25H52O. The lowest BCUT2D eigenvalue weighted by Gasteiger charge is -2.42. The van der Waals surface area contributed by atoms with Crippen molar-refractivity contribution >= 4 is 0 Å². The molecule has 0 fully saturated rings. The Labute approximate surface area is 167 Å². The Morgan fingerprint density at radius 1 is 0.538 bits per heavy atom. The molecule has 0 aliphatic heterocycles. The van der Waals surface area contributed by atoms with Crippen molar-refractivity contribution in [2.75, 3.05) is 6.61 Å². The van der Waals surface area contributed by atoms with Crippen molar-refractivity contribution in [3.05, 3.63) is 0 Å². The molecule has 0 aromatic heterocycles. The van der Waals surface area contributed by atoms with Crippen molar-refractivity contribution in [1.82, 2.24) is 0 Å². The summed E-state index contributed by atoms with van der Waals surface area (Å²) in [5.74, 6) is 0.769. The zero-order valence-corrected chi connectivity index (χ0v) is 19.2. The van der Waals surface area contributed by atoms with E-state index in [1.165, 1.54) is 109 Å². The Morgan fingerprint density at radius 3 is 1.62 bits per heavy atom. The van der Waals surface area contributed by atoms with Gasteiger partial charge in [-0.15, -0.1) is 0 Å². The van der Waals surface area contributed by atoms with Gasteiger partial charge < -0.3 is 4.74 Å². The quantitative estimate of drug-likeness (QED) is 0.195. The molecule has 0 saturated carbocycles. The zero-order valence-electron chi connectivity index (χ0n) is 19.2. The summed E-state index contributed by atoms with van der Waals surface area (Å²) >= 11 is 0. The van der Waals surface area contributed by atoms with Crippen LogP contribution in [-0.4, -0.2) is 12.2 Å². The maximum Gasteiger partial charge on any atom is 0.0710 e. The molecule has 0 aromatic rings. The molecule has 0 saturated heterocycles. The molecule has 1 nitrogen and oxygen atoms in total. The fraction of sp³-hybridized carbons (Fsp3) is 1.00. The van der Waals surface area contributed by atoms with E-state index in [9.17, 15) is 0 Å². The van der Waals surface area contributed by atoms with Gasteiger partial charge in [0.2, 0.25) is 0 Å². The predicted molar refractivity (Wildman–Crippen MR) is 119 cm³/mol. The van der Waals surface area contributed by atoms with Crippen LogP contribution < -0.4 is 0 Å². The van der Waals surface area contributed by atoms with E-state index in [1.54, 1.807) is 0 Å². The van der Waals surface area contributed by atoms with Gasteiger partial charge in [0.05, 0.1) is 5.60 Å². The molecule has 0 heterocycles. The van der Waals surface area contributed by atoms with E-state index >= 15 is 0 Å². The summed E-state index contributed by atoms with van der Waals surface area (Å²) in [6.07, 6.45) is 22.7. The fourth-order valence-corrected chi connectivity index (χ4v) is 4.37. The minimum absolute atomic E-state index is 0.167. The number of hydrogen-bond donors (Lipinski definition) is 0. The average Bonchev–Trinajstić information content (AvgIpc) is 2.66. The minimum atomic E-state index is 0.167. The van der Waals surface area contributed by atoms with Gasteiger partial charge in [-0.1, -0.05) is 112 Å². The first-order valence-electron chi connectivity index (χ1n) is 12.3. The molecule has 0 N–H and O–H groups in total. The SMILES string of the molecule is CCCCCCCCOC(CCCC)(CCCC)C(CCC)CCCC. The first kappa shape index (κ1) is 26.0. The molecule has 0 amide bonds. The van der Waals surface area contributed by atoms with E-state index < -0.39 is 0 Å². The van der Waals surface area contributed by atoms with E-state index in [0.717, 1.165) is 12.5 Å². The molecule has 1 heteroatoms. The topological polar surface area (TPSA) is 9.23 Å². The second-order valence-corrected chi connectivity index (χ2v) is 8.52. The fourth-order valence-electron chi connectivity index (χ4n) is 4.37. The van der Waals surface area contributed by atoms with Gasteiger partial charge in [-0.3, -0.25) is 0 Å². The van der Waals surface area contributed by atoms with Crippen molar-refractivity contribution in [1.29, 1.82) is 0 Å². The lowest BCUT2D eigenvalue weighted by molar-refractivity contribution is -0.107. The Kier molecular flexibility index (Phi) is 18.3. The normalized spacial score (nSPS) is 13.3. The van der Waals surface area contributed by atoms with Crippen LogP contribution in [0.4, 0.5) is 0 Å². The Bertz CT molecular complexity index is 265. The summed E-state index contributed by atoms with van der Waals surface area (Å²) in [6, 6.07) is 0. The van der Waals surface area contributed by atoms with Gasteiger partial charge in [0, 0.05) is 6.61 Å². The van der Waals surface area contributed by atoms with E-state index in [2.05, 4.69) is 34.6 Å². The highest BCUT2D eigenvalue weighted by Gasteiger charge is 2.37. The van der Waals surface area contributed by atoms with Crippen molar-refractivity contribution < 1.29 is 4.74 Å². The maximum absolute atomic E-state index is 6.85. The van der Waals surface area contributed by atoms with Crippen molar-refractivity contribution in [3.63, 3.8) is 0 Å². The molecule has 0 aliphatic carbocycles. The van der Waals surface area contributed by atoms with Crippen LogP contribution in [0.2, 0.25) is 0 Å². The summed E-state index contributed by atoms with van der Waals surface area (Å²) in [7, 11) is 0. The highest BCUT2D eigenvalue weighted by atomic mass is 16.5. The number of ether oxygens (including phenoxy) is 1. The predicted octanol–water partition coefficient (Wildman–Crippen LogP) is 9.09. The monoisotopic (exact) mass is 368 g/mol. The standard InChI is InChI=1S/C25H52O/c1-6-11-15-16-17-18-23-26-25(21-13-8-3,22-14-9-4)24(19-10-5)20-12-7-2/h24H,6-23H2,1-5H3. The van der Waals surface area contributed by atoms with Gasteiger partial charge in [0.1, 0.15) is 0 Å². The van der Waals surface area contributed by atoms with Crippen molar-refractivity contribution in [2.45, 2.75) is 149 Å². The van der Waals surface area contributed by atoms with Gasteiger partial charge in [-0.2, -0.15) is 0 Å². The molecule has 1 atom stereocenters. The summed E-state index contributed by atoms with van der Waals surface area (Å²) in [6.45, 7) is 12.6. The highest BCUT2D eigenvalue weighted by Crippen LogP contribution is 2.39. The van der Waals surface area contributed by atoms with Crippen molar-refractivity contribution in [2.24, 2.45) is 5.92 Å². The molecule has 1 unspecified atom stereocenters. The van der Waals surface area contributed by atoms with E-state index in [0.29, 0.717) is 0 Å². The van der Waals surface area contributed by atoms with Gasteiger partial charge in [-0.05, 0) is 38.0 Å². The third kappa shape index (κ3) is 11.6. The van der Waals surface area contributed by atoms with E-state index in [1.807, 2.05) is 0 Å². The molecule has 0 rings (SSSR count). The molecule has 26 heavy (non-hydrogen) atoms. The number of rotatable bonds is 20. The number of unbranched alkanes of at least 4 members (excludes halogenated alkanes) is 8. The molecule has 158 valence electrons. The number of hydrogen-bond acceptors (Lipinski definition) is 1. The lowest BCUT2D eigenvalue weighted by Crippen LogP contribution is -2.41. The smallest absolute Gasteiger partial charge is 0.0710 e. The highest BCUT2D eigenvalue weighted by molar-refractivity contribution is 4.88. The van der Waals surface area contributed by atoms with Crippen LogP contribution in [0.5, 0.6) is 0 Å². The third-order valence-corrected chi connectivity index (χ3v) is 6.08. The molecule has 0 aromatic carbocycles. The molecular weight excluding hydrogens is 316 g/mol. The van der Waals surface area contributed by atoms with Crippen LogP contribution in [0, 0.1) is 5.92 Å². The molecule has 0 radical (unpaired) electrons. The van der Waals surface area contributed by atoms with Crippen molar-refractivity contribution in [3.8, 4) is 0 Å². The molecule has 0 aliphatic rings. The maximum atomic E-state index is 6.85. The summed E-state index contributed by atoms with van der Waals surface area (Å²) < 4.78 is 6.85. The Balaban J connectivity index is 4.87.